The van der Waals surface area contributed by atoms with E-state index in [-0.39, 0.29) is 18.4 Å². The van der Waals surface area contributed by atoms with Gasteiger partial charge in [0.05, 0.1) is 11.7 Å². The van der Waals surface area contributed by atoms with E-state index < -0.39 is 11.2 Å². The molecule has 3 rings (SSSR count). The zero-order valence-electron chi connectivity index (χ0n) is 13.0. The smallest absolute Gasteiger partial charge is 0.261 e. The summed E-state index contributed by atoms with van der Waals surface area (Å²) < 4.78 is 6.25. The number of carbonyl (C=O) groups is 1. The second kappa shape index (κ2) is 5.52. The van der Waals surface area contributed by atoms with Crippen LogP contribution in [-0.2, 0) is 15.1 Å². The third-order valence-electron chi connectivity index (χ3n) is 4.67. The molecule has 4 nitrogen and oxygen atoms in total. The molecule has 1 aromatic carbocycles. The van der Waals surface area contributed by atoms with Gasteiger partial charge < -0.3 is 15.2 Å². The number of rotatable bonds is 4. The molecule has 1 saturated heterocycles. The Morgan fingerprint density at radius 1 is 1.50 bits per heavy atom. The molecule has 0 radical (unpaired) electrons. The first-order chi connectivity index (χ1) is 10.5. The van der Waals surface area contributed by atoms with Crippen LogP contribution in [0.25, 0.3) is 0 Å². The fraction of sp³-hybridized carbons (Fsp3) is 0.500. The van der Waals surface area contributed by atoms with E-state index >= 15 is 0 Å². The number of benzene rings is 1. The zero-order valence-corrected chi connectivity index (χ0v) is 13.0. The number of para-hydroxylation sites is 1. The fourth-order valence-corrected chi connectivity index (χ4v) is 3.82. The summed E-state index contributed by atoms with van der Waals surface area (Å²) in [5.74, 6) is -0.169. The average Bonchev–Trinajstić information content (AvgIpc) is 2.71. The second-order valence-electron chi connectivity index (χ2n) is 6.45. The summed E-state index contributed by atoms with van der Waals surface area (Å²) >= 11 is 0. The molecule has 0 aromatic heterocycles. The van der Waals surface area contributed by atoms with Gasteiger partial charge in [-0.05, 0) is 18.9 Å². The maximum absolute atomic E-state index is 12.7. The minimum atomic E-state index is -1.08. The lowest BCUT2D eigenvalue weighted by molar-refractivity contribution is -0.201. The van der Waals surface area contributed by atoms with Gasteiger partial charge >= 0.3 is 0 Å². The standard InChI is InChI=1S/C18H23NO3/c1-3-7-13-11-17(21,10-4-2)12-18(22-13)14-8-5-6-9-15(14)19-16(18)20/h4-6,8-9,13,21H,2-3,7,10-12H2,1H3,(H,19,20)/t13-,17-,18+/m1/s1. The van der Waals surface area contributed by atoms with Gasteiger partial charge in [0.1, 0.15) is 0 Å². The summed E-state index contributed by atoms with van der Waals surface area (Å²) in [4.78, 5) is 12.7. The third kappa shape index (κ3) is 2.36. The van der Waals surface area contributed by atoms with Crippen LogP contribution in [0.2, 0.25) is 0 Å². The van der Waals surface area contributed by atoms with Crippen molar-refractivity contribution in [2.24, 2.45) is 0 Å². The van der Waals surface area contributed by atoms with E-state index in [4.69, 9.17) is 4.74 Å². The van der Waals surface area contributed by atoms with Gasteiger partial charge in [0.15, 0.2) is 5.60 Å². The normalized spacial score (nSPS) is 33.5. The lowest BCUT2D eigenvalue weighted by atomic mass is 9.75. The quantitative estimate of drug-likeness (QED) is 0.840. The van der Waals surface area contributed by atoms with Crippen LogP contribution in [0.15, 0.2) is 36.9 Å². The molecule has 118 valence electrons. The van der Waals surface area contributed by atoms with Gasteiger partial charge in [-0.15, -0.1) is 6.58 Å². The number of anilines is 1. The van der Waals surface area contributed by atoms with Crippen molar-refractivity contribution in [3.8, 4) is 0 Å². The van der Waals surface area contributed by atoms with Crippen LogP contribution in [0.3, 0.4) is 0 Å². The van der Waals surface area contributed by atoms with Crippen molar-refractivity contribution in [1.29, 1.82) is 0 Å². The molecule has 0 aliphatic carbocycles. The van der Waals surface area contributed by atoms with Crippen molar-refractivity contribution in [3.63, 3.8) is 0 Å². The predicted octanol–water partition coefficient (Wildman–Crippen LogP) is 3.12. The van der Waals surface area contributed by atoms with Gasteiger partial charge in [-0.3, -0.25) is 4.79 Å². The summed E-state index contributed by atoms with van der Waals surface area (Å²) in [6.45, 7) is 5.83. The van der Waals surface area contributed by atoms with Crippen LogP contribution >= 0.6 is 0 Å². The zero-order chi connectivity index (χ0) is 15.8. The first kappa shape index (κ1) is 15.3. The number of ether oxygens (including phenoxy) is 1. The van der Waals surface area contributed by atoms with E-state index in [1.165, 1.54) is 0 Å². The van der Waals surface area contributed by atoms with Gasteiger partial charge in [-0.2, -0.15) is 0 Å². The van der Waals surface area contributed by atoms with E-state index in [0.717, 1.165) is 24.1 Å². The Hall–Kier alpha value is -1.65. The average molecular weight is 301 g/mol. The van der Waals surface area contributed by atoms with Crippen molar-refractivity contribution in [3.05, 3.63) is 42.5 Å². The van der Waals surface area contributed by atoms with Gasteiger partial charge in [0, 0.05) is 24.1 Å². The van der Waals surface area contributed by atoms with Crippen LogP contribution in [0.5, 0.6) is 0 Å². The van der Waals surface area contributed by atoms with Gasteiger partial charge in [-0.1, -0.05) is 37.6 Å². The number of fused-ring (bicyclic) bond motifs is 2. The van der Waals surface area contributed by atoms with E-state index in [2.05, 4.69) is 18.8 Å². The SMILES string of the molecule is C=CC[C@@]1(O)C[C@@H](CCC)O[C@]2(C1)C(=O)Nc1ccccc12. The molecule has 2 N–H and O–H groups in total. The predicted molar refractivity (Wildman–Crippen MR) is 85.5 cm³/mol. The van der Waals surface area contributed by atoms with Crippen LogP contribution in [0.1, 0.15) is 44.6 Å². The number of carbonyl (C=O) groups excluding carboxylic acids is 1. The Morgan fingerprint density at radius 2 is 2.27 bits per heavy atom. The summed E-state index contributed by atoms with van der Waals surface area (Å²) in [5, 5.41) is 13.9. The minimum absolute atomic E-state index is 0.124. The number of hydrogen-bond acceptors (Lipinski definition) is 3. The van der Waals surface area contributed by atoms with Gasteiger partial charge in [-0.25, -0.2) is 0 Å². The Labute approximate surface area is 131 Å². The van der Waals surface area contributed by atoms with E-state index in [9.17, 15) is 9.90 Å². The lowest BCUT2D eigenvalue weighted by Crippen LogP contribution is -2.53. The largest absolute Gasteiger partial charge is 0.389 e. The maximum atomic E-state index is 12.7. The van der Waals surface area contributed by atoms with Crippen molar-refractivity contribution < 1.29 is 14.6 Å². The van der Waals surface area contributed by atoms with Crippen LogP contribution in [0.4, 0.5) is 5.69 Å². The lowest BCUT2D eigenvalue weighted by Gasteiger charge is -2.45. The number of aliphatic hydroxyl groups is 1. The summed E-state index contributed by atoms with van der Waals surface area (Å²) in [6, 6.07) is 7.58. The minimum Gasteiger partial charge on any atom is -0.389 e. The molecule has 1 fully saturated rings. The third-order valence-corrected chi connectivity index (χ3v) is 4.67. The van der Waals surface area contributed by atoms with Crippen molar-refractivity contribution >= 4 is 11.6 Å². The summed E-state index contributed by atoms with van der Waals surface area (Å²) in [6.07, 6.45) is 4.67. The van der Waals surface area contributed by atoms with Crippen molar-refractivity contribution in [1.82, 2.24) is 0 Å². The molecule has 4 heteroatoms. The highest BCUT2D eigenvalue weighted by Gasteiger charge is 2.56. The Bertz CT molecular complexity index is 600. The van der Waals surface area contributed by atoms with E-state index in [1.54, 1.807) is 6.08 Å². The van der Waals surface area contributed by atoms with Crippen LogP contribution < -0.4 is 5.32 Å². The number of amides is 1. The Morgan fingerprint density at radius 3 is 3.00 bits per heavy atom. The molecular formula is C18H23NO3. The molecule has 1 amide bonds. The van der Waals surface area contributed by atoms with Gasteiger partial charge in [0.2, 0.25) is 0 Å². The second-order valence-corrected chi connectivity index (χ2v) is 6.45. The number of nitrogens with one attached hydrogen (secondary N) is 1. The number of hydrogen-bond donors (Lipinski definition) is 2. The van der Waals surface area contributed by atoms with E-state index in [0.29, 0.717) is 12.8 Å². The molecule has 0 unspecified atom stereocenters. The van der Waals surface area contributed by atoms with Crippen molar-refractivity contribution in [2.75, 3.05) is 5.32 Å². The highest BCUT2D eigenvalue weighted by Crippen LogP contribution is 2.50. The summed E-state index contributed by atoms with van der Waals surface area (Å²) in [7, 11) is 0. The maximum Gasteiger partial charge on any atom is 0.261 e. The molecule has 2 aliphatic rings. The molecule has 0 saturated carbocycles. The van der Waals surface area contributed by atoms with E-state index in [1.807, 2.05) is 24.3 Å². The first-order valence-electron chi connectivity index (χ1n) is 7.95. The van der Waals surface area contributed by atoms with Crippen molar-refractivity contribution in [2.45, 2.75) is 56.3 Å². The Kier molecular flexibility index (Phi) is 3.83. The Balaban J connectivity index is 2.04. The fourth-order valence-electron chi connectivity index (χ4n) is 3.82. The summed E-state index contributed by atoms with van der Waals surface area (Å²) in [5.41, 5.74) is -0.407. The highest BCUT2D eigenvalue weighted by molar-refractivity contribution is 6.05. The monoisotopic (exact) mass is 301 g/mol. The molecule has 2 heterocycles. The molecule has 0 bridgehead atoms. The van der Waals surface area contributed by atoms with Crippen LogP contribution in [-0.4, -0.2) is 22.7 Å². The molecule has 3 atom stereocenters. The topological polar surface area (TPSA) is 58.6 Å². The molecular weight excluding hydrogens is 278 g/mol. The van der Waals surface area contributed by atoms with Gasteiger partial charge in [0.25, 0.3) is 5.91 Å². The van der Waals surface area contributed by atoms with Crippen LogP contribution in [0, 0.1) is 0 Å². The molecule has 2 aliphatic heterocycles. The first-order valence-corrected chi connectivity index (χ1v) is 7.95. The highest BCUT2D eigenvalue weighted by atomic mass is 16.5. The molecule has 1 aromatic rings. The molecule has 1 spiro atoms. The molecule has 22 heavy (non-hydrogen) atoms.